The minimum atomic E-state index is -0.558. The van der Waals surface area contributed by atoms with Crippen molar-refractivity contribution >= 4 is 52.2 Å². The second-order valence-electron chi connectivity index (χ2n) is 4.74. The molecule has 0 saturated carbocycles. The lowest BCUT2D eigenvalue weighted by Crippen LogP contribution is -2.13. The fourth-order valence-electron chi connectivity index (χ4n) is 1.83. The Morgan fingerprint density at radius 3 is 3.04 bits per heavy atom. The number of thioether (sulfide) groups is 2. The second kappa shape index (κ2) is 8.75. The normalized spacial score (nSPS) is 11.3. The van der Waals surface area contributed by atoms with Crippen LogP contribution in [0.5, 0.6) is 0 Å². The van der Waals surface area contributed by atoms with Crippen LogP contribution in [0.3, 0.4) is 0 Å². The standard InChI is InChI=1S/C16H12N4O3S3/c1-24-16-19-15(26-20-16)18-14(21)10(8-17)7-11-4-5-13(23-11)25-9-12-3-2-6-22-12/h2-7H,9H2,1H3,(H,18,19,20,21). The number of amides is 1. The van der Waals surface area contributed by atoms with Gasteiger partial charge in [0.25, 0.3) is 5.91 Å². The SMILES string of the molecule is CSc1nsc(NC(=O)C(C#N)=Cc2ccc(SCc3ccco3)o2)n1. The van der Waals surface area contributed by atoms with Crippen molar-refractivity contribution in [3.8, 4) is 6.07 Å². The van der Waals surface area contributed by atoms with E-state index in [9.17, 15) is 10.1 Å². The molecule has 0 fully saturated rings. The van der Waals surface area contributed by atoms with Gasteiger partial charge in [-0.05, 0) is 30.5 Å². The topological polar surface area (TPSA) is 105 Å². The molecule has 0 aliphatic carbocycles. The highest BCUT2D eigenvalue weighted by Crippen LogP contribution is 2.26. The number of hydrogen-bond donors (Lipinski definition) is 1. The molecular formula is C16H12N4O3S3. The van der Waals surface area contributed by atoms with Crippen LogP contribution in [0.25, 0.3) is 6.08 Å². The lowest BCUT2D eigenvalue weighted by atomic mass is 10.2. The Morgan fingerprint density at radius 1 is 1.46 bits per heavy atom. The highest BCUT2D eigenvalue weighted by atomic mass is 32.2. The predicted molar refractivity (Wildman–Crippen MR) is 101 cm³/mol. The Bertz CT molecular complexity index is 954. The average Bonchev–Trinajstić information content (AvgIpc) is 3.39. The summed E-state index contributed by atoms with van der Waals surface area (Å²) in [6.07, 6.45) is 4.85. The van der Waals surface area contributed by atoms with E-state index in [1.165, 1.54) is 29.6 Å². The summed E-state index contributed by atoms with van der Waals surface area (Å²) in [5.41, 5.74) is -0.0807. The number of anilines is 1. The molecule has 0 radical (unpaired) electrons. The van der Waals surface area contributed by atoms with E-state index in [0.29, 0.717) is 26.9 Å². The maximum atomic E-state index is 12.2. The summed E-state index contributed by atoms with van der Waals surface area (Å²) >= 11 is 3.89. The minimum absolute atomic E-state index is 0.0807. The number of furan rings is 2. The second-order valence-corrected chi connectivity index (χ2v) is 7.24. The molecule has 0 atom stereocenters. The monoisotopic (exact) mass is 404 g/mol. The Hall–Kier alpha value is -2.48. The van der Waals surface area contributed by atoms with Crippen molar-refractivity contribution in [2.24, 2.45) is 0 Å². The van der Waals surface area contributed by atoms with E-state index in [1.54, 1.807) is 18.4 Å². The third-order valence-electron chi connectivity index (χ3n) is 3.00. The third-order valence-corrected chi connectivity index (χ3v) is 5.23. The predicted octanol–water partition coefficient (Wildman–Crippen LogP) is 4.28. The highest BCUT2D eigenvalue weighted by Gasteiger charge is 2.14. The molecule has 0 saturated heterocycles. The molecular weight excluding hydrogens is 392 g/mol. The van der Waals surface area contributed by atoms with Crippen LogP contribution in [0.15, 0.2) is 55.2 Å². The lowest BCUT2D eigenvalue weighted by Gasteiger charge is -1.98. The molecule has 0 aliphatic rings. The molecule has 7 nitrogen and oxygen atoms in total. The van der Waals surface area contributed by atoms with Crippen molar-refractivity contribution in [2.45, 2.75) is 16.0 Å². The number of hydrogen-bond acceptors (Lipinski definition) is 9. The first-order valence-corrected chi connectivity index (χ1v) is 10.2. The summed E-state index contributed by atoms with van der Waals surface area (Å²) in [5, 5.41) is 13.4. The fraction of sp³-hybridized carbons (Fsp3) is 0.125. The molecule has 0 aromatic carbocycles. The van der Waals surface area contributed by atoms with E-state index in [1.807, 2.05) is 24.5 Å². The van der Waals surface area contributed by atoms with E-state index < -0.39 is 5.91 Å². The first-order valence-electron chi connectivity index (χ1n) is 7.24. The van der Waals surface area contributed by atoms with Crippen molar-refractivity contribution in [1.29, 1.82) is 5.26 Å². The molecule has 3 rings (SSSR count). The minimum Gasteiger partial charge on any atom is -0.468 e. The number of carbonyl (C=O) groups excluding carboxylic acids is 1. The number of aromatic nitrogens is 2. The molecule has 3 aromatic rings. The van der Waals surface area contributed by atoms with Crippen LogP contribution in [0, 0.1) is 11.3 Å². The van der Waals surface area contributed by atoms with Crippen LogP contribution in [-0.4, -0.2) is 21.5 Å². The van der Waals surface area contributed by atoms with Crippen LogP contribution in [0.2, 0.25) is 0 Å². The van der Waals surface area contributed by atoms with Gasteiger partial charge in [0, 0.05) is 17.6 Å². The van der Waals surface area contributed by atoms with E-state index in [4.69, 9.17) is 8.83 Å². The van der Waals surface area contributed by atoms with Gasteiger partial charge in [-0.1, -0.05) is 23.5 Å². The van der Waals surface area contributed by atoms with Gasteiger partial charge in [-0.15, -0.1) is 0 Å². The maximum Gasteiger partial charge on any atom is 0.268 e. The van der Waals surface area contributed by atoms with Gasteiger partial charge in [0.15, 0.2) is 5.09 Å². The molecule has 132 valence electrons. The van der Waals surface area contributed by atoms with E-state index in [0.717, 1.165) is 17.3 Å². The zero-order valence-electron chi connectivity index (χ0n) is 13.5. The van der Waals surface area contributed by atoms with Gasteiger partial charge in [-0.2, -0.15) is 14.6 Å². The van der Waals surface area contributed by atoms with Crippen molar-refractivity contribution < 1.29 is 13.6 Å². The van der Waals surface area contributed by atoms with Crippen LogP contribution in [-0.2, 0) is 10.5 Å². The Balaban J connectivity index is 1.64. The first kappa shape index (κ1) is 18.3. The fourth-order valence-corrected chi connectivity index (χ4v) is 3.71. The molecule has 0 spiro atoms. The Morgan fingerprint density at radius 2 is 2.35 bits per heavy atom. The summed E-state index contributed by atoms with van der Waals surface area (Å²) < 4.78 is 14.9. The van der Waals surface area contributed by atoms with Gasteiger partial charge in [0.05, 0.1) is 12.0 Å². The summed E-state index contributed by atoms with van der Waals surface area (Å²) in [6.45, 7) is 0. The molecule has 1 N–H and O–H groups in total. The van der Waals surface area contributed by atoms with Crippen molar-refractivity contribution in [3.05, 3.63) is 47.6 Å². The molecule has 0 bridgehead atoms. The molecule has 3 aromatic heterocycles. The number of carbonyl (C=O) groups is 1. The van der Waals surface area contributed by atoms with Crippen LogP contribution in [0.4, 0.5) is 5.13 Å². The Labute approximate surface area is 161 Å². The van der Waals surface area contributed by atoms with Crippen molar-refractivity contribution in [3.63, 3.8) is 0 Å². The van der Waals surface area contributed by atoms with E-state index in [2.05, 4.69) is 14.7 Å². The first-order chi connectivity index (χ1) is 12.7. The average molecular weight is 404 g/mol. The van der Waals surface area contributed by atoms with Crippen LogP contribution in [0.1, 0.15) is 11.5 Å². The van der Waals surface area contributed by atoms with Gasteiger partial charge in [0.1, 0.15) is 23.2 Å². The zero-order valence-corrected chi connectivity index (χ0v) is 15.9. The van der Waals surface area contributed by atoms with Crippen LogP contribution < -0.4 is 5.32 Å². The van der Waals surface area contributed by atoms with Gasteiger partial charge < -0.3 is 8.83 Å². The number of rotatable bonds is 7. The molecule has 0 aliphatic heterocycles. The molecule has 26 heavy (non-hydrogen) atoms. The third kappa shape index (κ3) is 4.78. The molecule has 3 heterocycles. The van der Waals surface area contributed by atoms with Crippen molar-refractivity contribution in [1.82, 2.24) is 9.36 Å². The van der Waals surface area contributed by atoms with Crippen molar-refractivity contribution in [2.75, 3.05) is 11.6 Å². The summed E-state index contributed by atoms with van der Waals surface area (Å²) in [6, 6.07) is 9.06. The summed E-state index contributed by atoms with van der Waals surface area (Å²) in [5.74, 6) is 1.32. The van der Waals surface area contributed by atoms with E-state index in [-0.39, 0.29) is 5.57 Å². The highest BCUT2D eigenvalue weighted by molar-refractivity contribution is 7.98. The zero-order chi connectivity index (χ0) is 18.4. The van der Waals surface area contributed by atoms with Gasteiger partial charge in [-0.25, -0.2) is 0 Å². The maximum absolute atomic E-state index is 12.2. The number of nitrogens with zero attached hydrogens (tertiary/aromatic N) is 3. The van der Waals surface area contributed by atoms with E-state index >= 15 is 0 Å². The smallest absolute Gasteiger partial charge is 0.268 e. The molecule has 0 unspecified atom stereocenters. The number of nitrogens with one attached hydrogen (secondary N) is 1. The van der Waals surface area contributed by atoms with Gasteiger partial charge in [-0.3, -0.25) is 10.1 Å². The summed E-state index contributed by atoms with van der Waals surface area (Å²) in [7, 11) is 0. The van der Waals surface area contributed by atoms with Crippen LogP contribution >= 0.6 is 35.1 Å². The Kier molecular flexibility index (Phi) is 6.17. The van der Waals surface area contributed by atoms with Gasteiger partial charge >= 0.3 is 0 Å². The number of nitriles is 1. The largest absolute Gasteiger partial charge is 0.468 e. The van der Waals surface area contributed by atoms with Gasteiger partial charge in [0.2, 0.25) is 10.3 Å². The summed E-state index contributed by atoms with van der Waals surface area (Å²) in [4.78, 5) is 16.3. The molecule has 10 heteroatoms. The molecule has 1 amide bonds. The quantitative estimate of drug-likeness (QED) is 0.353. The lowest BCUT2D eigenvalue weighted by molar-refractivity contribution is -0.112.